The molecule has 0 aliphatic heterocycles. The number of rotatable bonds is 20. The molecule has 148 valence electrons. The lowest BCUT2D eigenvalue weighted by Gasteiger charge is -2.04. The SMILES string of the molecule is C=CNC(=O)CCCCCCCCCCCCCCCCCCCC. The molecule has 2 heteroatoms. The van der Waals surface area contributed by atoms with Crippen molar-refractivity contribution in [3.63, 3.8) is 0 Å². The Labute approximate surface area is 158 Å². The topological polar surface area (TPSA) is 29.1 Å². The molecule has 0 aliphatic rings. The molecule has 25 heavy (non-hydrogen) atoms. The second-order valence-electron chi connectivity index (χ2n) is 7.53. The first-order valence-corrected chi connectivity index (χ1v) is 11.2. The number of unbranched alkanes of at least 4 members (excludes halogenated alkanes) is 17. The fourth-order valence-electron chi connectivity index (χ4n) is 3.37. The second kappa shape index (κ2) is 21.3. The van der Waals surface area contributed by atoms with Gasteiger partial charge in [0.1, 0.15) is 0 Å². The van der Waals surface area contributed by atoms with Gasteiger partial charge in [-0.2, -0.15) is 0 Å². The van der Waals surface area contributed by atoms with Crippen LogP contribution in [0.4, 0.5) is 0 Å². The molecule has 0 radical (unpaired) electrons. The summed E-state index contributed by atoms with van der Waals surface area (Å²) in [6.07, 6.45) is 26.9. The quantitative estimate of drug-likeness (QED) is 0.224. The summed E-state index contributed by atoms with van der Waals surface area (Å²) >= 11 is 0. The van der Waals surface area contributed by atoms with Gasteiger partial charge in [-0.15, -0.1) is 0 Å². The first-order valence-electron chi connectivity index (χ1n) is 11.2. The highest BCUT2D eigenvalue weighted by molar-refractivity contribution is 5.76. The van der Waals surface area contributed by atoms with Crippen LogP contribution in [-0.4, -0.2) is 5.91 Å². The molecular formula is C23H45NO. The number of carbonyl (C=O) groups is 1. The van der Waals surface area contributed by atoms with E-state index in [-0.39, 0.29) is 5.91 Å². The van der Waals surface area contributed by atoms with Crippen LogP contribution in [0.3, 0.4) is 0 Å². The maximum atomic E-state index is 11.2. The predicted octanol–water partition coefficient (Wildman–Crippen LogP) is 7.68. The first kappa shape index (κ1) is 24.2. The lowest BCUT2D eigenvalue weighted by Crippen LogP contribution is -2.15. The highest BCUT2D eigenvalue weighted by atomic mass is 16.1. The summed E-state index contributed by atoms with van der Waals surface area (Å²) < 4.78 is 0. The van der Waals surface area contributed by atoms with E-state index in [1.54, 1.807) is 0 Å². The summed E-state index contributed by atoms with van der Waals surface area (Å²) in [4.78, 5) is 11.2. The minimum Gasteiger partial charge on any atom is -0.333 e. The van der Waals surface area contributed by atoms with E-state index in [9.17, 15) is 4.79 Å². The van der Waals surface area contributed by atoms with Crippen LogP contribution in [0, 0.1) is 0 Å². The highest BCUT2D eigenvalue weighted by Gasteiger charge is 1.98. The molecule has 2 nitrogen and oxygen atoms in total. The Morgan fingerprint density at radius 1 is 0.640 bits per heavy atom. The normalized spacial score (nSPS) is 10.8. The van der Waals surface area contributed by atoms with E-state index in [1.165, 1.54) is 115 Å². The third-order valence-electron chi connectivity index (χ3n) is 5.02. The molecule has 0 atom stereocenters. The predicted molar refractivity (Wildman–Crippen MR) is 112 cm³/mol. The van der Waals surface area contributed by atoms with Gasteiger partial charge in [0.15, 0.2) is 0 Å². The van der Waals surface area contributed by atoms with Gasteiger partial charge in [-0.3, -0.25) is 4.79 Å². The Bertz CT molecular complexity index is 288. The Kier molecular flexibility index (Phi) is 20.6. The van der Waals surface area contributed by atoms with Gasteiger partial charge in [-0.05, 0) is 12.6 Å². The van der Waals surface area contributed by atoms with Crippen LogP contribution >= 0.6 is 0 Å². The summed E-state index contributed by atoms with van der Waals surface area (Å²) in [5, 5.41) is 2.63. The number of hydrogen-bond donors (Lipinski definition) is 1. The Morgan fingerprint density at radius 2 is 0.960 bits per heavy atom. The molecule has 0 unspecified atom stereocenters. The molecule has 0 bridgehead atoms. The Morgan fingerprint density at radius 3 is 1.28 bits per heavy atom. The van der Waals surface area contributed by atoms with E-state index in [0.29, 0.717) is 6.42 Å². The lowest BCUT2D eigenvalue weighted by atomic mass is 10.0. The van der Waals surface area contributed by atoms with Crippen LogP contribution in [0.1, 0.15) is 129 Å². The van der Waals surface area contributed by atoms with E-state index in [4.69, 9.17) is 0 Å². The maximum Gasteiger partial charge on any atom is 0.223 e. The third-order valence-corrected chi connectivity index (χ3v) is 5.02. The van der Waals surface area contributed by atoms with Crippen LogP contribution in [-0.2, 0) is 4.79 Å². The molecule has 1 amide bonds. The molecule has 0 spiro atoms. The van der Waals surface area contributed by atoms with Gasteiger partial charge in [-0.25, -0.2) is 0 Å². The highest BCUT2D eigenvalue weighted by Crippen LogP contribution is 2.14. The molecule has 0 rings (SSSR count). The van der Waals surface area contributed by atoms with E-state index in [0.717, 1.165) is 6.42 Å². The van der Waals surface area contributed by atoms with Crippen LogP contribution in [0.25, 0.3) is 0 Å². The van der Waals surface area contributed by atoms with Crippen molar-refractivity contribution >= 4 is 5.91 Å². The van der Waals surface area contributed by atoms with Crippen molar-refractivity contribution in [2.45, 2.75) is 129 Å². The van der Waals surface area contributed by atoms with Crippen molar-refractivity contribution in [3.05, 3.63) is 12.8 Å². The van der Waals surface area contributed by atoms with Crippen LogP contribution < -0.4 is 5.32 Å². The summed E-state index contributed by atoms with van der Waals surface area (Å²) in [6.45, 7) is 5.78. The molecule has 0 heterocycles. The average Bonchev–Trinajstić information content (AvgIpc) is 2.61. The fraction of sp³-hybridized carbons (Fsp3) is 0.870. The van der Waals surface area contributed by atoms with E-state index < -0.39 is 0 Å². The largest absolute Gasteiger partial charge is 0.333 e. The maximum absolute atomic E-state index is 11.2. The van der Waals surface area contributed by atoms with Crippen LogP contribution in [0.2, 0.25) is 0 Å². The molecule has 0 saturated heterocycles. The zero-order valence-corrected chi connectivity index (χ0v) is 17.1. The van der Waals surface area contributed by atoms with E-state index in [2.05, 4.69) is 18.8 Å². The average molecular weight is 352 g/mol. The third kappa shape index (κ3) is 21.2. The van der Waals surface area contributed by atoms with Crippen molar-refractivity contribution < 1.29 is 4.79 Å². The second-order valence-corrected chi connectivity index (χ2v) is 7.53. The molecule has 0 aromatic carbocycles. The smallest absolute Gasteiger partial charge is 0.223 e. The molecule has 0 aliphatic carbocycles. The summed E-state index contributed by atoms with van der Waals surface area (Å²) in [5.41, 5.74) is 0. The van der Waals surface area contributed by atoms with Crippen molar-refractivity contribution in [3.8, 4) is 0 Å². The Hall–Kier alpha value is -0.790. The monoisotopic (exact) mass is 351 g/mol. The number of hydrogen-bond acceptors (Lipinski definition) is 1. The molecule has 0 fully saturated rings. The zero-order chi connectivity index (χ0) is 18.4. The van der Waals surface area contributed by atoms with Crippen molar-refractivity contribution in [1.29, 1.82) is 0 Å². The summed E-state index contributed by atoms with van der Waals surface area (Å²) in [7, 11) is 0. The van der Waals surface area contributed by atoms with Gasteiger partial charge in [0.05, 0.1) is 0 Å². The molecule has 1 N–H and O–H groups in total. The van der Waals surface area contributed by atoms with Gasteiger partial charge in [0.2, 0.25) is 5.91 Å². The minimum absolute atomic E-state index is 0.103. The number of amides is 1. The summed E-state index contributed by atoms with van der Waals surface area (Å²) in [5.74, 6) is 0.103. The first-order chi connectivity index (χ1) is 12.3. The van der Waals surface area contributed by atoms with Gasteiger partial charge in [0.25, 0.3) is 0 Å². The lowest BCUT2D eigenvalue weighted by molar-refractivity contribution is -0.120. The van der Waals surface area contributed by atoms with Crippen LogP contribution in [0.15, 0.2) is 12.8 Å². The minimum atomic E-state index is 0.103. The van der Waals surface area contributed by atoms with Gasteiger partial charge in [0, 0.05) is 6.42 Å². The van der Waals surface area contributed by atoms with Gasteiger partial charge >= 0.3 is 0 Å². The van der Waals surface area contributed by atoms with Crippen molar-refractivity contribution in [2.75, 3.05) is 0 Å². The molecule has 0 aromatic heterocycles. The fourth-order valence-corrected chi connectivity index (χ4v) is 3.37. The standard InChI is InChI=1S/C23H45NO/c1-3-5-6-7-8-9-10-11-12-13-14-15-16-17-18-19-20-21-22-23(25)24-4-2/h4H,2-3,5-22H2,1H3,(H,24,25). The van der Waals surface area contributed by atoms with Crippen molar-refractivity contribution in [2.24, 2.45) is 0 Å². The summed E-state index contributed by atoms with van der Waals surface area (Å²) in [6, 6.07) is 0. The van der Waals surface area contributed by atoms with Gasteiger partial charge in [-0.1, -0.05) is 123 Å². The van der Waals surface area contributed by atoms with E-state index >= 15 is 0 Å². The van der Waals surface area contributed by atoms with Crippen LogP contribution in [0.5, 0.6) is 0 Å². The molecule has 0 aromatic rings. The molecular weight excluding hydrogens is 306 g/mol. The zero-order valence-electron chi connectivity index (χ0n) is 17.1. The number of carbonyl (C=O) groups excluding carboxylic acids is 1. The van der Waals surface area contributed by atoms with Gasteiger partial charge < -0.3 is 5.32 Å². The van der Waals surface area contributed by atoms with Crippen molar-refractivity contribution in [1.82, 2.24) is 5.32 Å². The number of nitrogens with one attached hydrogen (secondary N) is 1. The molecule has 0 saturated carbocycles. The Balaban J connectivity index is 3.03. The van der Waals surface area contributed by atoms with E-state index in [1.807, 2.05) is 0 Å².